The number of hydrogen-bond acceptors (Lipinski definition) is 3. The van der Waals surface area contributed by atoms with Crippen LogP contribution in [0, 0.1) is 11.3 Å². The Hall–Kier alpha value is -2.49. The molecule has 0 fully saturated rings. The van der Waals surface area contributed by atoms with Gasteiger partial charge in [-0.1, -0.05) is 38.1 Å². The Balaban J connectivity index is 1.98. The maximum absolute atomic E-state index is 13.4. The van der Waals surface area contributed by atoms with Crippen molar-refractivity contribution in [2.75, 3.05) is 5.32 Å². The smallest absolute Gasteiger partial charge is 0.362 e. The van der Waals surface area contributed by atoms with Gasteiger partial charge in [0.15, 0.2) is 6.04 Å². The zero-order valence-electron chi connectivity index (χ0n) is 13.3. The van der Waals surface area contributed by atoms with Crippen molar-refractivity contribution >= 4 is 5.82 Å². The lowest BCUT2D eigenvalue weighted by molar-refractivity contribution is -0.173. The van der Waals surface area contributed by atoms with Crippen molar-refractivity contribution in [3.05, 3.63) is 47.2 Å². The van der Waals surface area contributed by atoms with E-state index in [0.717, 1.165) is 15.8 Å². The highest BCUT2D eigenvalue weighted by molar-refractivity contribution is 5.54. The molecule has 2 atom stereocenters. The summed E-state index contributed by atoms with van der Waals surface area (Å²) < 4.78 is 41.1. The molecule has 1 aromatic carbocycles. The van der Waals surface area contributed by atoms with Gasteiger partial charge in [0.25, 0.3) is 0 Å². The van der Waals surface area contributed by atoms with Crippen LogP contribution in [0.5, 0.6) is 0 Å². The van der Waals surface area contributed by atoms with Gasteiger partial charge in [0.2, 0.25) is 0 Å². The Morgan fingerprint density at radius 1 is 1.29 bits per heavy atom. The molecule has 0 saturated heterocycles. The number of benzene rings is 1. The van der Waals surface area contributed by atoms with Crippen LogP contribution in [-0.4, -0.2) is 16.0 Å². The second-order valence-corrected chi connectivity index (χ2v) is 6.27. The second kappa shape index (κ2) is 5.86. The number of hydrogen-bond donors (Lipinski definition) is 1. The molecule has 0 spiro atoms. The molecule has 3 rings (SSSR count). The number of nitriles is 1. The molecule has 0 saturated carbocycles. The van der Waals surface area contributed by atoms with E-state index in [-0.39, 0.29) is 17.8 Å². The Bertz CT molecular complexity index is 769. The minimum atomic E-state index is -4.42. The van der Waals surface area contributed by atoms with E-state index in [1.54, 1.807) is 0 Å². The number of halogens is 3. The number of anilines is 1. The first-order valence-corrected chi connectivity index (χ1v) is 7.72. The van der Waals surface area contributed by atoms with Crippen molar-refractivity contribution in [2.45, 2.75) is 44.4 Å². The normalized spacial score (nSPS) is 20.4. The molecule has 0 aliphatic carbocycles. The summed E-state index contributed by atoms with van der Waals surface area (Å²) in [6, 6.07) is 7.18. The van der Waals surface area contributed by atoms with Crippen LogP contribution in [0.15, 0.2) is 30.5 Å². The van der Waals surface area contributed by atoms with Crippen molar-refractivity contribution < 1.29 is 13.2 Å². The van der Waals surface area contributed by atoms with E-state index in [1.165, 1.54) is 6.20 Å². The molecule has 1 N–H and O–H groups in total. The van der Waals surface area contributed by atoms with Crippen LogP contribution in [0.3, 0.4) is 0 Å². The first kappa shape index (κ1) is 16.4. The zero-order valence-corrected chi connectivity index (χ0v) is 13.3. The minimum absolute atomic E-state index is 0.118. The third-order valence-electron chi connectivity index (χ3n) is 4.36. The molecule has 1 aromatic heterocycles. The van der Waals surface area contributed by atoms with Crippen LogP contribution in [0.2, 0.25) is 0 Å². The molecule has 2 unspecified atom stereocenters. The number of aromatic nitrogens is 2. The van der Waals surface area contributed by atoms with Crippen molar-refractivity contribution in [1.82, 2.24) is 9.78 Å². The Labute approximate surface area is 137 Å². The molecule has 1 aliphatic rings. The highest BCUT2D eigenvalue weighted by Gasteiger charge is 2.46. The fourth-order valence-electron chi connectivity index (χ4n) is 2.98. The van der Waals surface area contributed by atoms with Gasteiger partial charge in [-0.25, -0.2) is 4.68 Å². The molecule has 1 aliphatic heterocycles. The molecule has 24 heavy (non-hydrogen) atoms. The molecule has 126 valence electrons. The predicted molar refractivity (Wildman–Crippen MR) is 83.5 cm³/mol. The van der Waals surface area contributed by atoms with E-state index < -0.39 is 18.3 Å². The highest BCUT2D eigenvalue weighted by Crippen LogP contribution is 2.44. The molecular weight excluding hydrogens is 317 g/mol. The SMILES string of the molecule is CC(C)c1ccc(C2CC(C(F)(F)F)n3ncc(C#N)c3N2)cc1. The minimum Gasteiger partial charge on any atom is -0.362 e. The number of rotatable bonds is 2. The fourth-order valence-corrected chi connectivity index (χ4v) is 2.98. The zero-order chi connectivity index (χ0) is 17.5. The molecular formula is C17H17F3N4. The van der Waals surface area contributed by atoms with Gasteiger partial charge in [-0.2, -0.15) is 23.5 Å². The van der Waals surface area contributed by atoms with Crippen molar-refractivity contribution in [1.29, 1.82) is 5.26 Å². The van der Waals surface area contributed by atoms with Crippen LogP contribution in [-0.2, 0) is 0 Å². The van der Waals surface area contributed by atoms with Gasteiger partial charge in [-0.3, -0.25) is 0 Å². The van der Waals surface area contributed by atoms with Gasteiger partial charge < -0.3 is 5.32 Å². The van der Waals surface area contributed by atoms with Gasteiger partial charge in [0.1, 0.15) is 17.5 Å². The van der Waals surface area contributed by atoms with Gasteiger partial charge in [-0.15, -0.1) is 0 Å². The Morgan fingerprint density at radius 2 is 1.96 bits per heavy atom. The number of fused-ring (bicyclic) bond motifs is 1. The van der Waals surface area contributed by atoms with E-state index in [1.807, 2.05) is 30.3 Å². The lowest BCUT2D eigenvalue weighted by Crippen LogP contribution is -2.35. The average molecular weight is 334 g/mol. The van der Waals surface area contributed by atoms with Crippen molar-refractivity contribution in [3.8, 4) is 6.07 Å². The third kappa shape index (κ3) is 2.84. The summed E-state index contributed by atoms with van der Waals surface area (Å²) in [5.41, 5.74) is 2.02. The first-order valence-electron chi connectivity index (χ1n) is 7.72. The van der Waals surface area contributed by atoms with Crippen LogP contribution in [0.1, 0.15) is 55.0 Å². The summed E-state index contributed by atoms with van der Waals surface area (Å²) >= 11 is 0. The lowest BCUT2D eigenvalue weighted by Gasteiger charge is -2.33. The van der Waals surface area contributed by atoms with E-state index in [0.29, 0.717) is 5.92 Å². The summed E-state index contributed by atoms with van der Waals surface area (Å²) in [6.07, 6.45) is -3.42. The van der Waals surface area contributed by atoms with Crippen molar-refractivity contribution in [3.63, 3.8) is 0 Å². The van der Waals surface area contributed by atoms with Crippen molar-refractivity contribution in [2.24, 2.45) is 0 Å². The summed E-state index contributed by atoms with van der Waals surface area (Å²) in [5, 5.41) is 15.9. The fraction of sp³-hybridized carbons (Fsp3) is 0.412. The van der Waals surface area contributed by atoms with E-state index >= 15 is 0 Å². The van der Waals surface area contributed by atoms with Gasteiger partial charge in [0.05, 0.1) is 12.2 Å². The lowest BCUT2D eigenvalue weighted by atomic mass is 9.94. The topological polar surface area (TPSA) is 53.6 Å². The molecule has 7 heteroatoms. The summed E-state index contributed by atoms with van der Waals surface area (Å²) in [6.45, 7) is 4.12. The van der Waals surface area contributed by atoms with Crippen LogP contribution in [0.4, 0.5) is 19.0 Å². The third-order valence-corrected chi connectivity index (χ3v) is 4.36. The average Bonchev–Trinajstić information content (AvgIpc) is 2.96. The molecule has 2 aromatic rings. The van der Waals surface area contributed by atoms with E-state index in [9.17, 15) is 13.2 Å². The van der Waals surface area contributed by atoms with Gasteiger partial charge in [-0.05, 0) is 17.0 Å². The largest absolute Gasteiger partial charge is 0.410 e. The number of nitrogens with one attached hydrogen (secondary N) is 1. The Kier molecular flexibility index (Phi) is 3.99. The second-order valence-electron chi connectivity index (χ2n) is 6.27. The summed E-state index contributed by atoms with van der Waals surface area (Å²) in [4.78, 5) is 0. The Morgan fingerprint density at radius 3 is 2.50 bits per heavy atom. The van der Waals surface area contributed by atoms with Gasteiger partial charge in [0, 0.05) is 6.42 Å². The quantitative estimate of drug-likeness (QED) is 0.877. The maximum Gasteiger partial charge on any atom is 0.410 e. The number of nitrogens with zero attached hydrogens (tertiary/aromatic N) is 3. The predicted octanol–water partition coefficient (Wildman–Crippen LogP) is 4.54. The van der Waals surface area contributed by atoms with Crippen LogP contribution >= 0.6 is 0 Å². The summed E-state index contributed by atoms with van der Waals surface area (Å²) in [7, 11) is 0. The standard InChI is InChI=1S/C17H17F3N4/c1-10(2)11-3-5-12(6-4-11)14-7-15(17(18,19)20)24-16(23-14)13(8-21)9-22-24/h3-6,9-10,14-15,23H,7H2,1-2H3. The van der Waals surface area contributed by atoms with E-state index in [2.05, 4.69) is 24.3 Å². The molecule has 0 bridgehead atoms. The van der Waals surface area contributed by atoms with Crippen LogP contribution in [0.25, 0.3) is 0 Å². The molecule has 0 amide bonds. The highest BCUT2D eigenvalue weighted by atomic mass is 19.4. The first-order chi connectivity index (χ1) is 11.3. The van der Waals surface area contributed by atoms with Gasteiger partial charge >= 0.3 is 6.18 Å². The maximum atomic E-state index is 13.4. The monoisotopic (exact) mass is 334 g/mol. The summed E-state index contributed by atoms with van der Waals surface area (Å²) in [5.74, 6) is 0.483. The van der Waals surface area contributed by atoms with Crippen LogP contribution < -0.4 is 5.32 Å². The number of alkyl halides is 3. The molecule has 2 heterocycles. The molecule has 4 nitrogen and oxygen atoms in total. The van der Waals surface area contributed by atoms with E-state index in [4.69, 9.17) is 5.26 Å². The molecule has 0 radical (unpaired) electrons.